The number of thioether (sulfide) groups is 1. The molecule has 188 valence electrons. The molecule has 2 amide bonds. The number of carbonyl (C=O) groups excluding carboxylic acids is 2. The standard InChI is InChI=1S/C26H33ClN4O3S/c1-6-18(7-2)31-16(4)24(19-9-8-17(11-21(19)31)13-28-23(32)12-27)26(34)29-14-20-22(35-5)10-15(3)30-25(20)33/h8-11,18H,6-7,12-14H2,1-5H3,(H,28,32)(H,29,34)(H,30,33). The SMILES string of the molecule is CCC(CC)n1c(C)c(C(=O)NCc2c(SC)cc(C)[nH]c2=O)c2ccc(CNC(=O)CCl)cc21. The highest BCUT2D eigenvalue weighted by Crippen LogP contribution is 2.32. The van der Waals surface area contributed by atoms with Crippen LogP contribution in [0.5, 0.6) is 0 Å². The van der Waals surface area contributed by atoms with Gasteiger partial charge < -0.3 is 20.2 Å². The summed E-state index contributed by atoms with van der Waals surface area (Å²) in [6.45, 7) is 8.59. The molecule has 7 nitrogen and oxygen atoms in total. The second-order valence-corrected chi connectivity index (χ2v) is 9.69. The normalized spacial score (nSPS) is 11.3. The van der Waals surface area contributed by atoms with Gasteiger partial charge in [-0.2, -0.15) is 0 Å². The van der Waals surface area contributed by atoms with E-state index in [1.54, 1.807) is 0 Å². The number of aromatic nitrogens is 2. The molecular weight excluding hydrogens is 484 g/mol. The summed E-state index contributed by atoms with van der Waals surface area (Å²) in [5, 5.41) is 6.62. The van der Waals surface area contributed by atoms with Gasteiger partial charge in [0, 0.05) is 51.9 Å². The van der Waals surface area contributed by atoms with E-state index in [9.17, 15) is 14.4 Å². The van der Waals surface area contributed by atoms with Crippen molar-refractivity contribution >= 4 is 46.1 Å². The number of H-pyrrole nitrogens is 1. The third-order valence-electron chi connectivity index (χ3n) is 6.34. The first-order valence-corrected chi connectivity index (χ1v) is 13.5. The molecular formula is C26H33ClN4O3S. The molecule has 2 aromatic heterocycles. The van der Waals surface area contributed by atoms with Gasteiger partial charge in [-0.1, -0.05) is 26.0 Å². The summed E-state index contributed by atoms with van der Waals surface area (Å²) in [4.78, 5) is 41.3. The van der Waals surface area contributed by atoms with Gasteiger partial charge in [0.1, 0.15) is 5.88 Å². The number of nitrogens with one attached hydrogen (secondary N) is 3. The minimum Gasteiger partial charge on any atom is -0.351 e. The highest BCUT2D eigenvalue weighted by Gasteiger charge is 2.23. The molecule has 3 rings (SSSR count). The number of aryl methyl sites for hydroxylation is 1. The molecule has 0 fully saturated rings. The van der Waals surface area contributed by atoms with Crippen LogP contribution in [0.1, 0.15) is 65.6 Å². The monoisotopic (exact) mass is 516 g/mol. The lowest BCUT2D eigenvalue weighted by Crippen LogP contribution is -2.28. The van der Waals surface area contributed by atoms with Gasteiger partial charge in [-0.05, 0) is 50.6 Å². The zero-order valence-electron chi connectivity index (χ0n) is 20.9. The van der Waals surface area contributed by atoms with Crippen LogP contribution in [0.2, 0.25) is 0 Å². The molecule has 0 saturated carbocycles. The number of alkyl halides is 1. The van der Waals surface area contributed by atoms with E-state index in [4.69, 9.17) is 11.6 Å². The second-order valence-electron chi connectivity index (χ2n) is 8.57. The minimum atomic E-state index is -0.228. The summed E-state index contributed by atoms with van der Waals surface area (Å²) in [6.07, 6.45) is 3.76. The number of hydrogen-bond acceptors (Lipinski definition) is 4. The van der Waals surface area contributed by atoms with Gasteiger partial charge in [0.2, 0.25) is 5.91 Å². The molecule has 2 heterocycles. The van der Waals surface area contributed by atoms with E-state index < -0.39 is 0 Å². The molecule has 0 spiro atoms. The maximum absolute atomic E-state index is 13.5. The third kappa shape index (κ3) is 5.76. The zero-order chi connectivity index (χ0) is 25.7. The van der Waals surface area contributed by atoms with Crippen LogP contribution in [-0.4, -0.2) is 33.5 Å². The first kappa shape index (κ1) is 26.9. The molecule has 1 aromatic carbocycles. The lowest BCUT2D eigenvalue weighted by molar-refractivity contribution is -0.118. The van der Waals surface area contributed by atoms with Crippen molar-refractivity contribution in [2.75, 3.05) is 12.1 Å². The summed E-state index contributed by atoms with van der Waals surface area (Å²) < 4.78 is 2.23. The molecule has 0 unspecified atom stereocenters. The fraction of sp³-hybridized carbons (Fsp3) is 0.423. The van der Waals surface area contributed by atoms with E-state index in [1.807, 2.05) is 44.4 Å². The van der Waals surface area contributed by atoms with E-state index >= 15 is 0 Å². The van der Waals surface area contributed by atoms with Gasteiger partial charge in [-0.15, -0.1) is 23.4 Å². The maximum atomic E-state index is 13.5. The van der Waals surface area contributed by atoms with Crippen molar-refractivity contribution in [1.29, 1.82) is 0 Å². The number of halogens is 1. The quantitative estimate of drug-likeness (QED) is 0.266. The highest BCUT2D eigenvalue weighted by atomic mass is 35.5. The Balaban J connectivity index is 2.01. The number of hydrogen-bond donors (Lipinski definition) is 3. The number of nitrogens with zero attached hydrogens (tertiary/aromatic N) is 1. The number of amides is 2. The third-order valence-corrected chi connectivity index (χ3v) is 7.38. The number of fused-ring (bicyclic) bond motifs is 1. The number of benzene rings is 1. The van der Waals surface area contributed by atoms with Gasteiger partial charge in [0.05, 0.1) is 5.56 Å². The van der Waals surface area contributed by atoms with Gasteiger partial charge in [0.15, 0.2) is 0 Å². The van der Waals surface area contributed by atoms with Crippen LogP contribution in [0.25, 0.3) is 10.9 Å². The van der Waals surface area contributed by atoms with Crippen molar-refractivity contribution in [3.8, 4) is 0 Å². The Hall–Kier alpha value is -2.71. The van der Waals surface area contributed by atoms with Crippen LogP contribution in [0.3, 0.4) is 0 Å². The van der Waals surface area contributed by atoms with Crippen LogP contribution >= 0.6 is 23.4 Å². The molecule has 0 aliphatic carbocycles. The average molecular weight is 517 g/mol. The zero-order valence-corrected chi connectivity index (χ0v) is 22.5. The topological polar surface area (TPSA) is 96.0 Å². The predicted octanol–water partition coefficient (Wildman–Crippen LogP) is 4.81. The van der Waals surface area contributed by atoms with Crippen LogP contribution < -0.4 is 16.2 Å². The molecule has 0 bridgehead atoms. The molecule has 0 atom stereocenters. The predicted molar refractivity (Wildman–Crippen MR) is 144 cm³/mol. The summed E-state index contributed by atoms with van der Waals surface area (Å²) in [7, 11) is 0. The van der Waals surface area contributed by atoms with E-state index in [2.05, 4.69) is 34.0 Å². The molecule has 0 aliphatic heterocycles. The minimum absolute atomic E-state index is 0.0855. The van der Waals surface area contributed by atoms with Crippen molar-refractivity contribution in [2.45, 2.75) is 64.6 Å². The average Bonchev–Trinajstić information content (AvgIpc) is 3.13. The lowest BCUT2D eigenvalue weighted by Gasteiger charge is -2.19. The smallest absolute Gasteiger partial charge is 0.254 e. The Morgan fingerprint density at radius 3 is 2.46 bits per heavy atom. The molecule has 3 aromatic rings. The Morgan fingerprint density at radius 2 is 1.83 bits per heavy atom. The molecule has 0 radical (unpaired) electrons. The fourth-order valence-electron chi connectivity index (χ4n) is 4.55. The summed E-state index contributed by atoms with van der Waals surface area (Å²) in [5.41, 5.74) is 4.54. The van der Waals surface area contributed by atoms with E-state index in [1.165, 1.54) is 11.8 Å². The molecule has 0 aliphatic rings. The van der Waals surface area contributed by atoms with Crippen LogP contribution in [0, 0.1) is 13.8 Å². The van der Waals surface area contributed by atoms with Crippen LogP contribution in [0.15, 0.2) is 34.0 Å². The first-order chi connectivity index (χ1) is 16.7. The number of pyridine rings is 1. The van der Waals surface area contributed by atoms with Crippen molar-refractivity contribution in [3.63, 3.8) is 0 Å². The van der Waals surface area contributed by atoms with E-state index in [0.717, 1.165) is 45.6 Å². The molecule has 3 N–H and O–H groups in total. The number of carbonyl (C=O) groups is 2. The summed E-state index contributed by atoms with van der Waals surface area (Å²) >= 11 is 7.09. The highest BCUT2D eigenvalue weighted by molar-refractivity contribution is 7.98. The van der Waals surface area contributed by atoms with Crippen molar-refractivity contribution in [1.82, 2.24) is 20.2 Å². The van der Waals surface area contributed by atoms with Crippen molar-refractivity contribution in [2.24, 2.45) is 0 Å². The Bertz CT molecular complexity index is 1290. The van der Waals surface area contributed by atoms with E-state index in [-0.39, 0.29) is 35.8 Å². The van der Waals surface area contributed by atoms with Crippen LogP contribution in [0.4, 0.5) is 0 Å². The molecule has 9 heteroatoms. The van der Waals surface area contributed by atoms with Crippen LogP contribution in [-0.2, 0) is 17.9 Å². The van der Waals surface area contributed by atoms with Gasteiger partial charge in [-0.25, -0.2) is 0 Å². The van der Waals surface area contributed by atoms with E-state index in [0.29, 0.717) is 17.7 Å². The number of aromatic amines is 1. The van der Waals surface area contributed by atoms with Gasteiger partial charge >= 0.3 is 0 Å². The van der Waals surface area contributed by atoms with Crippen molar-refractivity contribution in [3.05, 3.63) is 62.7 Å². The summed E-state index contributed by atoms with van der Waals surface area (Å²) in [6, 6.07) is 8.03. The summed E-state index contributed by atoms with van der Waals surface area (Å²) in [5.74, 6) is -0.528. The second kappa shape index (κ2) is 11.8. The number of rotatable bonds is 10. The van der Waals surface area contributed by atoms with Gasteiger partial charge in [0.25, 0.3) is 11.5 Å². The Morgan fingerprint density at radius 1 is 1.11 bits per heavy atom. The maximum Gasteiger partial charge on any atom is 0.254 e. The van der Waals surface area contributed by atoms with Gasteiger partial charge in [-0.3, -0.25) is 14.4 Å². The fourth-order valence-corrected chi connectivity index (χ4v) is 5.35. The lowest BCUT2D eigenvalue weighted by atomic mass is 10.1. The largest absolute Gasteiger partial charge is 0.351 e. The Kier molecular flexibility index (Phi) is 9.08. The molecule has 0 saturated heterocycles. The van der Waals surface area contributed by atoms with Crippen molar-refractivity contribution < 1.29 is 9.59 Å². The Labute approximate surface area is 215 Å². The first-order valence-electron chi connectivity index (χ1n) is 11.8. The molecule has 35 heavy (non-hydrogen) atoms.